The van der Waals surface area contributed by atoms with Crippen LogP contribution in [0.3, 0.4) is 0 Å². The summed E-state index contributed by atoms with van der Waals surface area (Å²) in [5, 5.41) is 12.5. The van der Waals surface area contributed by atoms with E-state index >= 15 is 0 Å². The van der Waals surface area contributed by atoms with Crippen LogP contribution in [0.4, 0.5) is 11.4 Å². The molecule has 0 spiro atoms. The Bertz CT molecular complexity index is 600. The fourth-order valence-corrected chi connectivity index (χ4v) is 2.29. The molecule has 0 saturated carbocycles. The van der Waals surface area contributed by atoms with Gasteiger partial charge in [0.1, 0.15) is 6.07 Å². The maximum absolute atomic E-state index is 9.18. The summed E-state index contributed by atoms with van der Waals surface area (Å²) in [5.74, 6) is 0. The van der Waals surface area contributed by atoms with Gasteiger partial charge in [-0.05, 0) is 46.1 Å². The van der Waals surface area contributed by atoms with E-state index in [0.717, 1.165) is 22.3 Å². The lowest BCUT2D eigenvalue weighted by Crippen LogP contribution is -1.97. The molecule has 90 valence electrons. The van der Waals surface area contributed by atoms with Crippen LogP contribution in [0.2, 0.25) is 0 Å². The molecule has 2 rings (SSSR count). The van der Waals surface area contributed by atoms with Crippen LogP contribution in [0.1, 0.15) is 18.1 Å². The summed E-state index contributed by atoms with van der Waals surface area (Å²) in [5.41, 5.74) is 3.74. The van der Waals surface area contributed by atoms with Gasteiger partial charge >= 0.3 is 0 Å². The van der Waals surface area contributed by atoms with Crippen molar-refractivity contribution in [2.24, 2.45) is 0 Å². The SMILES string of the molecule is CCc1ccccc1Nc1cccc(Br)c1C#N. The first-order valence-corrected chi connectivity index (χ1v) is 6.59. The van der Waals surface area contributed by atoms with E-state index in [1.165, 1.54) is 5.56 Å². The van der Waals surface area contributed by atoms with Crippen LogP contribution in [0.15, 0.2) is 46.9 Å². The number of anilines is 2. The molecular weight excluding hydrogens is 288 g/mol. The summed E-state index contributed by atoms with van der Waals surface area (Å²) >= 11 is 3.39. The molecule has 2 aromatic carbocycles. The normalized spacial score (nSPS) is 9.83. The number of nitrogens with zero attached hydrogens (tertiary/aromatic N) is 1. The van der Waals surface area contributed by atoms with E-state index in [9.17, 15) is 5.26 Å². The highest BCUT2D eigenvalue weighted by atomic mass is 79.9. The van der Waals surface area contributed by atoms with E-state index in [1.54, 1.807) is 0 Å². The molecule has 0 unspecified atom stereocenters. The molecule has 2 nitrogen and oxygen atoms in total. The third-order valence-electron chi connectivity index (χ3n) is 2.79. The predicted octanol–water partition coefficient (Wildman–Crippen LogP) is 4.63. The van der Waals surface area contributed by atoms with Crippen molar-refractivity contribution in [3.05, 3.63) is 58.1 Å². The molecule has 0 amide bonds. The number of hydrogen-bond donors (Lipinski definition) is 1. The number of rotatable bonds is 3. The van der Waals surface area contributed by atoms with Crippen molar-refractivity contribution in [2.45, 2.75) is 13.3 Å². The van der Waals surface area contributed by atoms with E-state index in [-0.39, 0.29) is 0 Å². The van der Waals surface area contributed by atoms with Crippen LogP contribution in [0, 0.1) is 11.3 Å². The number of halogens is 1. The summed E-state index contributed by atoms with van der Waals surface area (Å²) in [7, 11) is 0. The lowest BCUT2D eigenvalue weighted by Gasteiger charge is -2.12. The minimum atomic E-state index is 0.628. The van der Waals surface area contributed by atoms with Gasteiger partial charge in [-0.15, -0.1) is 0 Å². The largest absolute Gasteiger partial charge is 0.354 e. The average Bonchev–Trinajstić information content (AvgIpc) is 2.40. The Kier molecular flexibility index (Phi) is 4.01. The quantitative estimate of drug-likeness (QED) is 0.897. The van der Waals surface area contributed by atoms with Crippen LogP contribution in [-0.4, -0.2) is 0 Å². The molecule has 0 aliphatic carbocycles. The number of benzene rings is 2. The summed E-state index contributed by atoms with van der Waals surface area (Å²) in [6.45, 7) is 2.12. The van der Waals surface area contributed by atoms with Crippen LogP contribution in [-0.2, 0) is 6.42 Å². The summed E-state index contributed by atoms with van der Waals surface area (Å²) < 4.78 is 0.809. The van der Waals surface area contributed by atoms with Gasteiger partial charge in [0.15, 0.2) is 0 Å². The standard InChI is InChI=1S/C15H13BrN2/c1-2-11-6-3-4-8-14(11)18-15-9-5-7-13(16)12(15)10-17/h3-9,18H,2H2,1H3. The van der Waals surface area contributed by atoms with Crippen molar-refractivity contribution in [1.29, 1.82) is 5.26 Å². The van der Waals surface area contributed by atoms with Gasteiger partial charge in [-0.1, -0.05) is 31.2 Å². The second-order valence-electron chi connectivity index (χ2n) is 3.91. The molecule has 0 radical (unpaired) electrons. The van der Waals surface area contributed by atoms with Gasteiger partial charge in [0.2, 0.25) is 0 Å². The van der Waals surface area contributed by atoms with Crippen molar-refractivity contribution in [3.8, 4) is 6.07 Å². The number of para-hydroxylation sites is 1. The number of hydrogen-bond acceptors (Lipinski definition) is 2. The Balaban J connectivity index is 2.41. The van der Waals surface area contributed by atoms with Crippen molar-refractivity contribution in [3.63, 3.8) is 0 Å². The third kappa shape index (κ3) is 2.55. The smallest absolute Gasteiger partial charge is 0.103 e. The van der Waals surface area contributed by atoms with Gasteiger partial charge in [-0.25, -0.2) is 0 Å². The molecule has 0 aliphatic heterocycles. The minimum absolute atomic E-state index is 0.628. The van der Waals surface area contributed by atoms with Crippen LogP contribution < -0.4 is 5.32 Å². The highest BCUT2D eigenvalue weighted by molar-refractivity contribution is 9.10. The van der Waals surface area contributed by atoms with Crippen LogP contribution in [0.25, 0.3) is 0 Å². The van der Waals surface area contributed by atoms with Gasteiger partial charge in [0.05, 0.1) is 11.3 Å². The van der Waals surface area contributed by atoms with Crippen molar-refractivity contribution in [2.75, 3.05) is 5.32 Å². The fourth-order valence-electron chi connectivity index (χ4n) is 1.84. The van der Waals surface area contributed by atoms with E-state index in [0.29, 0.717) is 5.56 Å². The Morgan fingerprint density at radius 3 is 2.56 bits per heavy atom. The third-order valence-corrected chi connectivity index (χ3v) is 3.45. The molecule has 0 heterocycles. The fraction of sp³-hybridized carbons (Fsp3) is 0.133. The van der Waals surface area contributed by atoms with Gasteiger partial charge in [0.25, 0.3) is 0 Å². The van der Waals surface area contributed by atoms with Gasteiger partial charge in [-0.2, -0.15) is 5.26 Å². The maximum atomic E-state index is 9.18. The molecule has 18 heavy (non-hydrogen) atoms. The average molecular weight is 301 g/mol. The maximum Gasteiger partial charge on any atom is 0.103 e. The molecule has 0 fully saturated rings. The molecule has 0 aliphatic rings. The predicted molar refractivity (Wildman–Crippen MR) is 78.0 cm³/mol. The molecular formula is C15H13BrN2. The number of nitrogens with one attached hydrogen (secondary N) is 1. The Morgan fingerprint density at radius 1 is 1.11 bits per heavy atom. The molecule has 1 N–H and O–H groups in total. The second kappa shape index (κ2) is 5.70. The Hall–Kier alpha value is -1.79. The zero-order valence-corrected chi connectivity index (χ0v) is 11.7. The number of aryl methyl sites for hydroxylation is 1. The first-order chi connectivity index (χ1) is 8.76. The molecule has 0 bridgehead atoms. The molecule has 2 aromatic rings. The zero-order valence-electron chi connectivity index (χ0n) is 10.1. The number of nitriles is 1. The lowest BCUT2D eigenvalue weighted by atomic mass is 10.1. The van der Waals surface area contributed by atoms with Crippen LogP contribution in [0.5, 0.6) is 0 Å². The minimum Gasteiger partial charge on any atom is -0.354 e. The monoisotopic (exact) mass is 300 g/mol. The molecule has 0 atom stereocenters. The van der Waals surface area contributed by atoms with Crippen molar-refractivity contribution in [1.82, 2.24) is 0 Å². The van der Waals surface area contributed by atoms with E-state index in [2.05, 4.69) is 40.3 Å². The zero-order chi connectivity index (χ0) is 13.0. The van der Waals surface area contributed by atoms with Gasteiger partial charge in [0, 0.05) is 10.2 Å². The van der Waals surface area contributed by atoms with Crippen molar-refractivity contribution < 1.29 is 0 Å². The van der Waals surface area contributed by atoms with E-state index in [1.807, 2.05) is 36.4 Å². The van der Waals surface area contributed by atoms with Crippen LogP contribution >= 0.6 is 15.9 Å². The summed E-state index contributed by atoms with van der Waals surface area (Å²) in [6, 6.07) is 16.0. The summed E-state index contributed by atoms with van der Waals surface area (Å²) in [4.78, 5) is 0. The topological polar surface area (TPSA) is 35.8 Å². The van der Waals surface area contributed by atoms with Gasteiger partial charge in [-0.3, -0.25) is 0 Å². The molecule has 0 aromatic heterocycles. The summed E-state index contributed by atoms with van der Waals surface area (Å²) in [6.07, 6.45) is 0.957. The highest BCUT2D eigenvalue weighted by Gasteiger charge is 2.07. The molecule has 0 saturated heterocycles. The molecule has 3 heteroatoms. The first kappa shape index (κ1) is 12.7. The Morgan fingerprint density at radius 2 is 1.83 bits per heavy atom. The second-order valence-corrected chi connectivity index (χ2v) is 4.76. The van der Waals surface area contributed by atoms with E-state index in [4.69, 9.17) is 0 Å². The van der Waals surface area contributed by atoms with Crippen molar-refractivity contribution >= 4 is 27.3 Å². The Labute approximate surface area is 115 Å². The lowest BCUT2D eigenvalue weighted by molar-refractivity contribution is 1.14. The van der Waals surface area contributed by atoms with Gasteiger partial charge < -0.3 is 5.32 Å². The highest BCUT2D eigenvalue weighted by Crippen LogP contribution is 2.28. The first-order valence-electron chi connectivity index (χ1n) is 5.79. The van der Waals surface area contributed by atoms with E-state index < -0.39 is 0 Å².